The van der Waals surface area contributed by atoms with E-state index in [1.165, 1.54) is 28.8 Å². The average Bonchev–Trinajstić information content (AvgIpc) is 2.58. The van der Waals surface area contributed by atoms with Crippen molar-refractivity contribution in [3.8, 4) is 5.75 Å². The summed E-state index contributed by atoms with van der Waals surface area (Å²) in [5.74, 6) is -0.0371. The second-order valence-electron chi connectivity index (χ2n) is 6.40. The highest BCUT2D eigenvalue weighted by molar-refractivity contribution is 6.05. The van der Waals surface area contributed by atoms with Crippen molar-refractivity contribution in [2.75, 3.05) is 19.4 Å². The number of ether oxygens (including phenoxy) is 1. The molecule has 0 saturated carbocycles. The Labute approximate surface area is 152 Å². The van der Waals surface area contributed by atoms with E-state index in [-0.39, 0.29) is 17.7 Å². The number of nitrogens with zero attached hydrogens (tertiary/aromatic N) is 2. The number of benzene rings is 1. The summed E-state index contributed by atoms with van der Waals surface area (Å²) < 4.78 is 6.81. The zero-order chi connectivity index (χ0) is 19.4. The van der Waals surface area contributed by atoms with Crippen LogP contribution in [0, 0.1) is 0 Å². The number of nitrogens with one attached hydrogen (secondary N) is 1. The quantitative estimate of drug-likeness (QED) is 0.889. The molecule has 0 fully saturated rings. The van der Waals surface area contributed by atoms with E-state index >= 15 is 0 Å². The van der Waals surface area contributed by atoms with Crippen molar-refractivity contribution in [3.63, 3.8) is 0 Å². The van der Waals surface area contributed by atoms with E-state index in [4.69, 9.17) is 4.74 Å². The lowest BCUT2D eigenvalue weighted by Crippen LogP contribution is -2.28. The second kappa shape index (κ2) is 7.86. The number of aromatic nitrogens is 1. The predicted molar refractivity (Wildman–Crippen MR) is 99.9 cm³/mol. The van der Waals surface area contributed by atoms with Crippen LogP contribution in [0.5, 0.6) is 5.75 Å². The highest BCUT2D eigenvalue weighted by atomic mass is 16.5. The van der Waals surface area contributed by atoms with Gasteiger partial charge in [0.2, 0.25) is 0 Å². The van der Waals surface area contributed by atoms with Crippen LogP contribution in [0.15, 0.2) is 41.3 Å². The molecule has 0 aliphatic heterocycles. The first-order chi connectivity index (χ1) is 12.2. The smallest absolute Gasteiger partial charge is 0.274 e. The van der Waals surface area contributed by atoms with Crippen LogP contribution in [0.2, 0.25) is 0 Å². The van der Waals surface area contributed by atoms with Crippen molar-refractivity contribution in [2.45, 2.75) is 20.0 Å². The first-order valence-electron chi connectivity index (χ1n) is 8.19. The van der Waals surface area contributed by atoms with Crippen LogP contribution >= 0.6 is 0 Å². The van der Waals surface area contributed by atoms with E-state index in [1.54, 1.807) is 38.4 Å². The Morgan fingerprint density at radius 1 is 1.12 bits per heavy atom. The molecule has 138 valence electrons. The topological polar surface area (TPSA) is 80.6 Å². The molecule has 0 unspecified atom stereocenters. The number of rotatable bonds is 5. The summed E-state index contributed by atoms with van der Waals surface area (Å²) in [7, 11) is 4.77. The lowest BCUT2D eigenvalue weighted by atomic mass is 10.2. The number of anilines is 1. The Bertz CT molecular complexity index is 867. The molecule has 0 saturated heterocycles. The summed E-state index contributed by atoms with van der Waals surface area (Å²) >= 11 is 0. The maximum Gasteiger partial charge on any atom is 0.274 e. The lowest BCUT2D eigenvalue weighted by Gasteiger charge is -2.13. The molecular formula is C19H23N3O4. The molecule has 7 nitrogen and oxygen atoms in total. The number of carbonyl (C=O) groups is 2. The van der Waals surface area contributed by atoms with Crippen molar-refractivity contribution in [2.24, 2.45) is 7.05 Å². The molecule has 0 radical (unpaired) electrons. The monoisotopic (exact) mass is 357 g/mol. The molecule has 26 heavy (non-hydrogen) atoms. The number of pyridine rings is 1. The third-order valence-corrected chi connectivity index (χ3v) is 3.57. The van der Waals surface area contributed by atoms with Gasteiger partial charge in [-0.15, -0.1) is 0 Å². The summed E-state index contributed by atoms with van der Waals surface area (Å²) in [4.78, 5) is 38.2. The van der Waals surface area contributed by atoms with Gasteiger partial charge in [0, 0.05) is 32.9 Å². The van der Waals surface area contributed by atoms with Gasteiger partial charge in [0.1, 0.15) is 11.4 Å². The zero-order valence-corrected chi connectivity index (χ0v) is 15.6. The Hall–Kier alpha value is -3.09. The van der Waals surface area contributed by atoms with Gasteiger partial charge in [-0.2, -0.15) is 0 Å². The second-order valence-corrected chi connectivity index (χ2v) is 6.40. The predicted octanol–water partition coefficient (Wildman–Crippen LogP) is 2.13. The minimum absolute atomic E-state index is 0.0367. The van der Waals surface area contributed by atoms with Crippen LogP contribution < -0.4 is 15.6 Å². The van der Waals surface area contributed by atoms with Gasteiger partial charge in [-0.05, 0) is 44.2 Å². The molecule has 2 rings (SSSR count). The Balaban J connectivity index is 2.25. The average molecular weight is 357 g/mol. The first-order valence-corrected chi connectivity index (χ1v) is 8.19. The minimum atomic E-state index is -0.437. The molecule has 0 spiro atoms. The van der Waals surface area contributed by atoms with E-state index in [1.807, 2.05) is 13.8 Å². The van der Waals surface area contributed by atoms with Gasteiger partial charge in [-0.3, -0.25) is 14.4 Å². The van der Waals surface area contributed by atoms with Crippen molar-refractivity contribution < 1.29 is 14.3 Å². The Morgan fingerprint density at radius 3 is 2.27 bits per heavy atom. The molecule has 1 aromatic heterocycles. The summed E-state index contributed by atoms with van der Waals surface area (Å²) in [6, 6.07) is 8.01. The van der Waals surface area contributed by atoms with Crippen LogP contribution in [-0.2, 0) is 7.05 Å². The van der Waals surface area contributed by atoms with E-state index in [0.717, 1.165) is 0 Å². The third-order valence-electron chi connectivity index (χ3n) is 3.57. The molecule has 0 aliphatic rings. The van der Waals surface area contributed by atoms with E-state index < -0.39 is 11.5 Å². The Morgan fingerprint density at radius 2 is 1.73 bits per heavy atom. The Kier molecular flexibility index (Phi) is 5.82. The maximum atomic E-state index is 12.4. The maximum absolute atomic E-state index is 12.4. The fourth-order valence-electron chi connectivity index (χ4n) is 2.33. The standard InChI is InChI=1S/C19H23N3O4/c1-12(2)26-15-8-6-13(7-9-15)17(23)20-16-10-14(18(24)21(3)4)11-22(5)19(16)25/h6-12H,1-5H3,(H,20,23). The number of hydrogen-bond acceptors (Lipinski definition) is 4. The number of carbonyl (C=O) groups excluding carboxylic acids is 2. The molecular weight excluding hydrogens is 334 g/mol. The summed E-state index contributed by atoms with van der Waals surface area (Å²) in [5.41, 5.74) is 0.349. The van der Waals surface area contributed by atoms with Gasteiger partial charge in [-0.1, -0.05) is 0 Å². The van der Waals surface area contributed by atoms with E-state index in [9.17, 15) is 14.4 Å². The molecule has 0 bridgehead atoms. The van der Waals surface area contributed by atoms with Crippen LogP contribution in [-0.4, -0.2) is 41.5 Å². The zero-order valence-electron chi connectivity index (χ0n) is 15.6. The van der Waals surface area contributed by atoms with Crippen molar-refractivity contribution in [1.82, 2.24) is 9.47 Å². The van der Waals surface area contributed by atoms with Crippen molar-refractivity contribution >= 4 is 17.5 Å². The molecule has 2 amide bonds. The molecule has 0 atom stereocenters. The number of amides is 2. The van der Waals surface area contributed by atoms with Crippen LogP contribution in [0.25, 0.3) is 0 Å². The third kappa shape index (κ3) is 4.50. The van der Waals surface area contributed by atoms with Crippen LogP contribution in [0.3, 0.4) is 0 Å². The van der Waals surface area contributed by atoms with Gasteiger partial charge in [-0.25, -0.2) is 0 Å². The molecule has 1 aromatic carbocycles. The largest absolute Gasteiger partial charge is 0.491 e. The van der Waals surface area contributed by atoms with E-state index in [2.05, 4.69) is 5.32 Å². The normalized spacial score (nSPS) is 10.5. The highest BCUT2D eigenvalue weighted by Gasteiger charge is 2.15. The van der Waals surface area contributed by atoms with Gasteiger partial charge in [0.25, 0.3) is 17.4 Å². The number of hydrogen-bond donors (Lipinski definition) is 1. The fourth-order valence-corrected chi connectivity index (χ4v) is 2.33. The van der Waals surface area contributed by atoms with Crippen molar-refractivity contribution in [3.05, 3.63) is 58.0 Å². The molecule has 0 aliphatic carbocycles. The van der Waals surface area contributed by atoms with Gasteiger partial charge >= 0.3 is 0 Å². The minimum Gasteiger partial charge on any atom is -0.491 e. The first kappa shape index (κ1) is 19.2. The molecule has 1 N–H and O–H groups in total. The van der Waals surface area contributed by atoms with Gasteiger partial charge < -0.3 is 19.5 Å². The molecule has 7 heteroatoms. The molecule has 1 heterocycles. The summed E-state index contributed by atoms with van der Waals surface area (Å²) in [5, 5.41) is 2.58. The van der Waals surface area contributed by atoms with Crippen LogP contribution in [0.1, 0.15) is 34.6 Å². The fraction of sp³-hybridized carbons (Fsp3) is 0.316. The molecule has 2 aromatic rings. The summed E-state index contributed by atoms with van der Waals surface area (Å²) in [6.07, 6.45) is 1.48. The summed E-state index contributed by atoms with van der Waals surface area (Å²) in [6.45, 7) is 3.83. The lowest BCUT2D eigenvalue weighted by molar-refractivity contribution is 0.0826. The van der Waals surface area contributed by atoms with Gasteiger partial charge in [0.05, 0.1) is 11.7 Å². The number of aryl methyl sites for hydroxylation is 1. The van der Waals surface area contributed by atoms with Crippen molar-refractivity contribution in [1.29, 1.82) is 0 Å². The SMILES string of the molecule is CC(C)Oc1ccc(C(=O)Nc2cc(C(=O)N(C)C)cn(C)c2=O)cc1. The van der Waals surface area contributed by atoms with Crippen LogP contribution in [0.4, 0.5) is 5.69 Å². The van der Waals surface area contributed by atoms with Gasteiger partial charge in [0.15, 0.2) is 0 Å². The van der Waals surface area contributed by atoms with E-state index in [0.29, 0.717) is 16.9 Å². The highest BCUT2D eigenvalue weighted by Crippen LogP contribution is 2.15.